The Balaban J connectivity index is 2.30. The summed E-state index contributed by atoms with van der Waals surface area (Å²) in [7, 11) is 0. The zero-order chi connectivity index (χ0) is 14.1. The first-order valence-corrected chi connectivity index (χ1v) is 5.63. The molecular weight excluding hydrogens is 258 g/mol. The van der Waals surface area contributed by atoms with E-state index in [2.05, 4.69) is 15.5 Å². The molecule has 0 aliphatic carbocycles. The molecule has 0 radical (unpaired) electrons. The van der Waals surface area contributed by atoms with Crippen LogP contribution in [0.5, 0.6) is 0 Å². The summed E-state index contributed by atoms with van der Waals surface area (Å²) in [5.41, 5.74) is 6.66. The van der Waals surface area contributed by atoms with Crippen LogP contribution in [0.4, 0.5) is 8.78 Å². The summed E-state index contributed by atoms with van der Waals surface area (Å²) in [6, 6.07) is 3.43. The Kier molecular flexibility index (Phi) is 6.69. The highest BCUT2D eigenvalue weighted by Crippen LogP contribution is 2.01. The van der Waals surface area contributed by atoms with Crippen molar-refractivity contribution < 1.29 is 18.7 Å². The van der Waals surface area contributed by atoms with Crippen molar-refractivity contribution in [2.75, 3.05) is 19.8 Å². The maximum absolute atomic E-state index is 11.8. The highest BCUT2D eigenvalue weighted by molar-refractivity contribution is 5.95. The average Bonchev–Trinajstić information content (AvgIpc) is 2.41. The minimum Gasteiger partial charge on any atom is -0.409 e. The lowest BCUT2D eigenvalue weighted by Crippen LogP contribution is -2.21. The molecule has 4 N–H and O–H groups in total. The summed E-state index contributed by atoms with van der Waals surface area (Å²) in [6.45, 7) is 0.618. The molecule has 1 aromatic rings. The summed E-state index contributed by atoms with van der Waals surface area (Å²) < 4.78 is 28.2. The molecule has 8 heteroatoms. The number of halogens is 2. The zero-order valence-corrected chi connectivity index (χ0v) is 10.2. The van der Waals surface area contributed by atoms with Crippen LogP contribution in [0.3, 0.4) is 0 Å². The number of hydrogen-bond donors (Lipinski definition) is 3. The number of amidine groups is 1. The fourth-order valence-electron chi connectivity index (χ4n) is 1.33. The normalized spacial score (nSPS) is 12.1. The van der Waals surface area contributed by atoms with E-state index >= 15 is 0 Å². The van der Waals surface area contributed by atoms with Gasteiger partial charge in [-0.2, -0.15) is 0 Å². The lowest BCUT2D eigenvalue weighted by atomic mass is 10.2. The van der Waals surface area contributed by atoms with Crippen LogP contribution in [0.2, 0.25) is 0 Å². The van der Waals surface area contributed by atoms with Gasteiger partial charge in [0.1, 0.15) is 12.3 Å². The van der Waals surface area contributed by atoms with Crippen molar-refractivity contribution in [2.45, 2.75) is 13.0 Å². The Bertz CT molecular complexity index is 415. The standard InChI is InChI=1S/C11H16F2N4O2/c12-10(13)7-19-4-3-15-6-8-1-2-16-9(5-8)11(14)17-18/h1-2,5,10,15,18H,3-4,6-7H2,(H2,14,17). The van der Waals surface area contributed by atoms with Gasteiger partial charge in [-0.05, 0) is 17.7 Å². The number of rotatable bonds is 8. The number of oxime groups is 1. The molecule has 0 atom stereocenters. The number of alkyl halides is 2. The van der Waals surface area contributed by atoms with Crippen LogP contribution >= 0.6 is 0 Å². The summed E-state index contributed by atoms with van der Waals surface area (Å²) in [5, 5.41) is 14.4. The highest BCUT2D eigenvalue weighted by Gasteiger charge is 2.03. The summed E-state index contributed by atoms with van der Waals surface area (Å²) in [4.78, 5) is 3.94. The van der Waals surface area contributed by atoms with Crippen molar-refractivity contribution in [1.29, 1.82) is 0 Å². The highest BCUT2D eigenvalue weighted by atomic mass is 19.3. The van der Waals surface area contributed by atoms with Gasteiger partial charge in [-0.3, -0.25) is 4.98 Å². The number of pyridine rings is 1. The van der Waals surface area contributed by atoms with Crippen molar-refractivity contribution in [3.8, 4) is 0 Å². The Morgan fingerprint density at radius 1 is 1.58 bits per heavy atom. The monoisotopic (exact) mass is 274 g/mol. The van der Waals surface area contributed by atoms with Gasteiger partial charge in [-0.1, -0.05) is 5.16 Å². The van der Waals surface area contributed by atoms with E-state index in [1.165, 1.54) is 6.20 Å². The number of ether oxygens (including phenoxy) is 1. The average molecular weight is 274 g/mol. The molecule has 0 bridgehead atoms. The van der Waals surface area contributed by atoms with Gasteiger partial charge in [-0.15, -0.1) is 0 Å². The van der Waals surface area contributed by atoms with Crippen LogP contribution in [0.15, 0.2) is 23.5 Å². The molecule has 0 unspecified atom stereocenters. The first kappa shape index (κ1) is 15.3. The third-order valence-electron chi connectivity index (χ3n) is 2.19. The van der Waals surface area contributed by atoms with Gasteiger partial charge < -0.3 is 21.0 Å². The van der Waals surface area contributed by atoms with E-state index in [4.69, 9.17) is 15.7 Å². The number of hydrogen-bond acceptors (Lipinski definition) is 5. The van der Waals surface area contributed by atoms with Crippen LogP contribution in [-0.2, 0) is 11.3 Å². The molecule has 0 fully saturated rings. The van der Waals surface area contributed by atoms with E-state index in [1.807, 2.05) is 0 Å². The van der Waals surface area contributed by atoms with E-state index in [9.17, 15) is 8.78 Å². The van der Waals surface area contributed by atoms with Gasteiger partial charge in [0.25, 0.3) is 6.43 Å². The van der Waals surface area contributed by atoms with Gasteiger partial charge in [0.05, 0.1) is 6.61 Å². The molecule has 0 aromatic carbocycles. The number of nitrogens with two attached hydrogens (primary N) is 1. The van der Waals surface area contributed by atoms with E-state index in [0.29, 0.717) is 18.8 Å². The van der Waals surface area contributed by atoms with E-state index in [1.54, 1.807) is 12.1 Å². The lowest BCUT2D eigenvalue weighted by molar-refractivity contribution is 0.0187. The molecule has 0 saturated carbocycles. The van der Waals surface area contributed by atoms with Gasteiger partial charge in [0, 0.05) is 19.3 Å². The maximum Gasteiger partial charge on any atom is 0.261 e. The zero-order valence-electron chi connectivity index (χ0n) is 10.2. The quantitative estimate of drug-likeness (QED) is 0.212. The Morgan fingerprint density at radius 3 is 3.05 bits per heavy atom. The fraction of sp³-hybridized carbons (Fsp3) is 0.455. The second-order valence-electron chi connectivity index (χ2n) is 3.68. The molecule has 1 aromatic heterocycles. The molecule has 0 aliphatic rings. The molecule has 1 rings (SSSR count). The van der Waals surface area contributed by atoms with Crippen molar-refractivity contribution in [1.82, 2.24) is 10.3 Å². The molecule has 6 nitrogen and oxygen atoms in total. The van der Waals surface area contributed by atoms with Crippen molar-refractivity contribution >= 4 is 5.84 Å². The summed E-state index contributed by atoms with van der Waals surface area (Å²) >= 11 is 0. The number of nitrogens with zero attached hydrogens (tertiary/aromatic N) is 2. The van der Waals surface area contributed by atoms with Gasteiger partial charge in [-0.25, -0.2) is 8.78 Å². The van der Waals surface area contributed by atoms with Crippen LogP contribution < -0.4 is 11.1 Å². The molecule has 0 amide bonds. The predicted octanol–water partition coefficient (Wildman–Crippen LogP) is 0.547. The molecule has 1 heterocycles. The van der Waals surface area contributed by atoms with E-state index in [-0.39, 0.29) is 12.4 Å². The Morgan fingerprint density at radius 2 is 2.37 bits per heavy atom. The number of aromatic nitrogens is 1. The Labute approximate surface area is 109 Å². The molecular formula is C11H16F2N4O2. The maximum atomic E-state index is 11.8. The van der Waals surface area contributed by atoms with Crippen molar-refractivity contribution in [3.63, 3.8) is 0 Å². The van der Waals surface area contributed by atoms with Crippen molar-refractivity contribution in [2.24, 2.45) is 10.9 Å². The van der Waals surface area contributed by atoms with Crippen LogP contribution in [0.25, 0.3) is 0 Å². The number of nitrogens with one attached hydrogen (secondary N) is 1. The van der Waals surface area contributed by atoms with Crippen molar-refractivity contribution in [3.05, 3.63) is 29.6 Å². The van der Waals surface area contributed by atoms with Crippen LogP contribution in [-0.4, -0.2) is 42.2 Å². The SMILES string of the molecule is N/C(=N/O)c1cc(CNCCOCC(F)F)ccn1. The molecule has 0 saturated heterocycles. The van der Waals surface area contributed by atoms with E-state index in [0.717, 1.165) is 5.56 Å². The van der Waals surface area contributed by atoms with Gasteiger partial charge in [0.2, 0.25) is 0 Å². The summed E-state index contributed by atoms with van der Waals surface area (Å²) in [5.74, 6) is -0.0675. The van der Waals surface area contributed by atoms with Gasteiger partial charge >= 0.3 is 0 Å². The van der Waals surface area contributed by atoms with Gasteiger partial charge in [0.15, 0.2) is 5.84 Å². The topological polar surface area (TPSA) is 92.8 Å². The third kappa shape index (κ3) is 6.07. The van der Waals surface area contributed by atoms with E-state index < -0.39 is 13.0 Å². The first-order chi connectivity index (χ1) is 9.13. The third-order valence-corrected chi connectivity index (χ3v) is 2.19. The fourth-order valence-corrected chi connectivity index (χ4v) is 1.33. The minimum atomic E-state index is -2.44. The van der Waals surface area contributed by atoms with Crippen LogP contribution in [0.1, 0.15) is 11.3 Å². The largest absolute Gasteiger partial charge is 0.409 e. The smallest absolute Gasteiger partial charge is 0.261 e. The molecule has 0 aliphatic heterocycles. The molecule has 106 valence electrons. The molecule has 0 spiro atoms. The first-order valence-electron chi connectivity index (χ1n) is 5.63. The lowest BCUT2D eigenvalue weighted by Gasteiger charge is -2.07. The predicted molar refractivity (Wildman–Crippen MR) is 65.3 cm³/mol. The Hall–Kier alpha value is -1.80. The summed E-state index contributed by atoms with van der Waals surface area (Å²) in [6.07, 6.45) is -0.902. The second-order valence-corrected chi connectivity index (χ2v) is 3.68. The second kappa shape index (κ2) is 8.33. The minimum absolute atomic E-state index is 0.0675. The van der Waals surface area contributed by atoms with Crippen LogP contribution in [0, 0.1) is 0 Å². The molecule has 19 heavy (non-hydrogen) atoms.